The Morgan fingerprint density at radius 3 is 3.05 bits per heavy atom. The first-order valence-electron chi connectivity index (χ1n) is 7.67. The van der Waals surface area contributed by atoms with E-state index in [0.29, 0.717) is 17.6 Å². The normalized spacial score (nSPS) is 19.8. The standard InChI is InChI=1S/C14H23N7/c1-3-15-14-19-12(11-13(20-14)18-9-17-11)16-8-10-6-4-5-7-21(10)2/h9-10H,3-8H2,1-2H3,(H3,15,16,17,18,19,20). The van der Waals surface area contributed by atoms with Gasteiger partial charge in [-0.1, -0.05) is 6.42 Å². The molecule has 1 aliphatic heterocycles. The van der Waals surface area contributed by atoms with Gasteiger partial charge in [0.05, 0.1) is 6.33 Å². The fourth-order valence-electron chi connectivity index (χ4n) is 2.81. The Balaban J connectivity index is 1.77. The van der Waals surface area contributed by atoms with Crippen molar-refractivity contribution in [2.45, 2.75) is 32.2 Å². The van der Waals surface area contributed by atoms with Crippen molar-refractivity contribution in [2.75, 3.05) is 37.3 Å². The lowest BCUT2D eigenvalue weighted by atomic mass is 10.0. The summed E-state index contributed by atoms with van der Waals surface area (Å²) in [6.07, 6.45) is 5.51. The van der Waals surface area contributed by atoms with Crippen molar-refractivity contribution >= 4 is 22.9 Å². The lowest BCUT2D eigenvalue weighted by Crippen LogP contribution is -2.40. The molecule has 2 aromatic rings. The molecule has 0 spiro atoms. The van der Waals surface area contributed by atoms with Crippen molar-refractivity contribution in [3.63, 3.8) is 0 Å². The summed E-state index contributed by atoms with van der Waals surface area (Å²) in [7, 11) is 2.20. The van der Waals surface area contributed by atoms with Crippen LogP contribution < -0.4 is 10.6 Å². The molecule has 2 aromatic heterocycles. The van der Waals surface area contributed by atoms with Crippen molar-refractivity contribution in [3.8, 4) is 0 Å². The maximum absolute atomic E-state index is 4.55. The van der Waals surface area contributed by atoms with Crippen LogP contribution in [0.15, 0.2) is 6.33 Å². The van der Waals surface area contributed by atoms with Gasteiger partial charge in [0.15, 0.2) is 11.5 Å². The van der Waals surface area contributed by atoms with Gasteiger partial charge in [0, 0.05) is 19.1 Å². The molecule has 1 atom stereocenters. The molecule has 1 unspecified atom stereocenters. The summed E-state index contributed by atoms with van der Waals surface area (Å²) < 4.78 is 0. The highest BCUT2D eigenvalue weighted by atomic mass is 15.2. The van der Waals surface area contributed by atoms with E-state index in [-0.39, 0.29) is 0 Å². The smallest absolute Gasteiger partial charge is 0.226 e. The summed E-state index contributed by atoms with van der Waals surface area (Å²) in [5.74, 6) is 1.45. The summed E-state index contributed by atoms with van der Waals surface area (Å²) in [6, 6.07) is 0.564. The largest absolute Gasteiger partial charge is 0.367 e. The predicted molar refractivity (Wildman–Crippen MR) is 84.6 cm³/mol. The van der Waals surface area contributed by atoms with Gasteiger partial charge in [0.2, 0.25) is 5.95 Å². The minimum absolute atomic E-state index is 0.564. The third-order valence-electron chi connectivity index (χ3n) is 4.05. The molecule has 3 heterocycles. The Morgan fingerprint density at radius 1 is 1.33 bits per heavy atom. The van der Waals surface area contributed by atoms with Gasteiger partial charge in [-0.05, 0) is 33.4 Å². The molecule has 1 saturated heterocycles. The first-order chi connectivity index (χ1) is 10.3. The molecule has 1 fully saturated rings. The Morgan fingerprint density at radius 2 is 2.24 bits per heavy atom. The number of fused-ring (bicyclic) bond motifs is 1. The number of nitrogens with zero attached hydrogens (tertiary/aromatic N) is 4. The molecule has 1 aliphatic rings. The number of imidazole rings is 1. The zero-order chi connectivity index (χ0) is 14.7. The lowest BCUT2D eigenvalue weighted by Gasteiger charge is -2.32. The van der Waals surface area contributed by atoms with E-state index in [1.54, 1.807) is 6.33 Å². The van der Waals surface area contributed by atoms with E-state index in [2.05, 4.69) is 42.5 Å². The Kier molecular flexibility index (Phi) is 4.19. The molecule has 0 bridgehead atoms. The van der Waals surface area contributed by atoms with Crippen molar-refractivity contribution in [1.29, 1.82) is 0 Å². The van der Waals surface area contributed by atoms with Crippen LogP contribution in [0.5, 0.6) is 0 Å². The van der Waals surface area contributed by atoms with E-state index >= 15 is 0 Å². The zero-order valence-corrected chi connectivity index (χ0v) is 12.7. The SMILES string of the molecule is CCNc1nc(NCC2CCCCN2C)c2[nH]cnc2n1. The Bertz CT molecular complexity index is 594. The van der Waals surface area contributed by atoms with E-state index in [4.69, 9.17) is 0 Å². The number of rotatable bonds is 5. The first kappa shape index (κ1) is 14.1. The van der Waals surface area contributed by atoms with E-state index in [1.807, 2.05) is 6.92 Å². The molecule has 3 rings (SSSR count). The highest BCUT2D eigenvalue weighted by Crippen LogP contribution is 2.20. The summed E-state index contributed by atoms with van der Waals surface area (Å²) in [5, 5.41) is 6.62. The van der Waals surface area contributed by atoms with Crippen LogP contribution in [-0.2, 0) is 0 Å². The van der Waals surface area contributed by atoms with Crippen LogP contribution in [0.2, 0.25) is 0 Å². The number of piperidine rings is 1. The zero-order valence-electron chi connectivity index (χ0n) is 12.7. The van der Waals surface area contributed by atoms with Crippen LogP contribution in [0.4, 0.5) is 11.8 Å². The molecule has 114 valence electrons. The summed E-state index contributed by atoms with van der Waals surface area (Å²) in [6.45, 7) is 4.90. The highest BCUT2D eigenvalue weighted by molar-refractivity contribution is 5.83. The number of nitrogens with one attached hydrogen (secondary N) is 3. The molecule has 0 saturated carbocycles. The number of likely N-dealkylation sites (N-methyl/N-ethyl adjacent to an activating group) is 1. The summed E-state index contributed by atoms with van der Waals surface area (Å²) >= 11 is 0. The van der Waals surface area contributed by atoms with Gasteiger partial charge in [-0.3, -0.25) is 0 Å². The molecule has 7 nitrogen and oxygen atoms in total. The third kappa shape index (κ3) is 3.07. The quantitative estimate of drug-likeness (QED) is 0.777. The number of aromatic nitrogens is 4. The van der Waals surface area contributed by atoms with Gasteiger partial charge in [-0.15, -0.1) is 0 Å². The monoisotopic (exact) mass is 289 g/mol. The van der Waals surface area contributed by atoms with Crippen molar-refractivity contribution < 1.29 is 0 Å². The highest BCUT2D eigenvalue weighted by Gasteiger charge is 2.19. The van der Waals surface area contributed by atoms with Gasteiger partial charge in [-0.25, -0.2) is 4.98 Å². The molecule has 21 heavy (non-hydrogen) atoms. The second-order valence-corrected chi connectivity index (χ2v) is 5.54. The Labute approximate surface area is 124 Å². The summed E-state index contributed by atoms with van der Waals surface area (Å²) in [4.78, 5) is 18.7. The van der Waals surface area contributed by atoms with Crippen molar-refractivity contribution in [1.82, 2.24) is 24.8 Å². The number of hydrogen-bond donors (Lipinski definition) is 3. The van der Waals surface area contributed by atoms with Crippen LogP contribution in [0.3, 0.4) is 0 Å². The van der Waals surface area contributed by atoms with Gasteiger partial charge >= 0.3 is 0 Å². The second-order valence-electron chi connectivity index (χ2n) is 5.54. The first-order valence-corrected chi connectivity index (χ1v) is 7.67. The number of anilines is 2. The molecule has 3 N–H and O–H groups in total. The van der Waals surface area contributed by atoms with Crippen LogP contribution in [0.1, 0.15) is 26.2 Å². The van der Waals surface area contributed by atoms with Crippen LogP contribution in [0, 0.1) is 0 Å². The van der Waals surface area contributed by atoms with E-state index in [9.17, 15) is 0 Å². The molecular formula is C14H23N7. The van der Waals surface area contributed by atoms with Crippen LogP contribution in [-0.4, -0.2) is 57.6 Å². The number of likely N-dealkylation sites (tertiary alicyclic amines) is 1. The lowest BCUT2D eigenvalue weighted by molar-refractivity contribution is 0.194. The van der Waals surface area contributed by atoms with Gasteiger partial charge < -0.3 is 20.5 Å². The molecule has 7 heteroatoms. The van der Waals surface area contributed by atoms with Crippen molar-refractivity contribution in [2.24, 2.45) is 0 Å². The van der Waals surface area contributed by atoms with Gasteiger partial charge in [0.1, 0.15) is 5.52 Å². The van der Waals surface area contributed by atoms with Crippen LogP contribution in [0.25, 0.3) is 11.2 Å². The molecule has 0 aliphatic carbocycles. The average Bonchev–Trinajstić information content (AvgIpc) is 2.95. The number of aromatic amines is 1. The van der Waals surface area contributed by atoms with Gasteiger partial charge in [-0.2, -0.15) is 9.97 Å². The predicted octanol–water partition coefficient (Wildman–Crippen LogP) is 1.68. The minimum Gasteiger partial charge on any atom is -0.367 e. The number of H-pyrrole nitrogens is 1. The maximum atomic E-state index is 4.55. The fourth-order valence-corrected chi connectivity index (χ4v) is 2.81. The van der Waals surface area contributed by atoms with Crippen molar-refractivity contribution in [3.05, 3.63) is 6.33 Å². The summed E-state index contributed by atoms with van der Waals surface area (Å²) in [5.41, 5.74) is 1.57. The molecule has 0 amide bonds. The molecular weight excluding hydrogens is 266 g/mol. The third-order valence-corrected chi connectivity index (χ3v) is 4.05. The number of hydrogen-bond acceptors (Lipinski definition) is 6. The van der Waals surface area contributed by atoms with Crippen LogP contribution >= 0.6 is 0 Å². The fraction of sp³-hybridized carbons (Fsp3) is 0.643. The minimum atomic E-state index is 0.564. The topological polar surface area (TPSA) is 81.8 Å². The Hall–Kier alpha value is -1.89. The van der Waals surface area contributed by atoms with E-state index in [1.165, 1.54) is 25.8 Å². The van der Waals surface area contributed by atoms with E-state index < -0.39 is 0 Å². The maximum Gasteiger partial charge on any atom is 0.226 e. The van der Waals surface area contributed by atoms with E-state index in [0.717, 1.165) is 24.4 Å². The second kappa shape index (κ2) is 6.26. The molecule has 0 aromatic carbocycles. The molecule has 0 radical (unpaired) electrons. The van der Waals surface area contributed by atoms with Gasteiger partial charge in [0.25, 0.3) is 0 Å². The average molecular weight is 289 g/mol.